The fraction of sp³-hybridized carbons (Fsp3) is 0.500. The molecule has 5 nitrogen and oxygen atoms in total. The lowest BCUT2D eigenvalue weighted by molar-refractivity contribution is 0.183. The van der Waals surface area contributed by atoms with Crippen LogP contribution in [0.1, 0.15) is 13.3 Å². The molecule has 2 aromatic heterocycles. The summed E-state index contributed by atoms with van der Waals surface area (Å²) >= 11 is 3.42. The van der Waals surface area contributed by atoms with Gasteiger partial charge in [0, 0.05) is 37.2 Å². The Kier molecular flexibility index (Phi) is 3.22. The number of fused-ring (bicyclic) bond motifs is 1. The van der Waals surface area contributed by atoms with Crippen LogP contribution in [-0.2, 0) is 4.74 Å². The van der Waals surface area contributed by atoms with Gasteiger partial charge in [0.1, 0.15) is 4.60 Å². The fourth-order valence-corrected chi connectivity index (χ4v) is 2.68. The summed E-state index contributed by atoms with van der Waals surface area (Å²) in [6, 6.07) is 0.329. The Morgan fingerprint density at radius 2 is 2.50 bits per heavy atom. The lowest BCUT2D eigenvalue weighted by atomic mass is 10.0. The number of hydrogen-bond donors (Lipinski definition) is 1. The Labute approximate surface area is 114 Å². The van der Waals surface area contributed by atoms with E-state index in [0.29, 0.717) is 12.0 Å². The number of halogens is 1. The number of ether oxygens (including phenoxy) is 1. The molecule has 0 radical (unpaired) electrons. The largest absolute Gasteiger partial charge is 0.381 e. The molecule has 2 aromatic rings. The first-order chi connectivity index (χ1) is 8.74. The van der Waals surface area contributed by atoms with E-state index in [1.807, 2.05) is 16.8 Å². The minimum atomic E-state index is 0.329. The van der Waals surface area contributed by atoms with Crippen molar-refractivity contribution in [3.05, 3.63) is 23.2 Å². The fourth-order valence-electron chi connectivity index (χ4n) is 2.28. The highest BCUT2D eigenvalue weighted by Crippen LogP contribution is 2.22. The number of aromatic nitrogens is 3. The zero-order valence-corrected chi connectivity index (χ0v) is 11.7. The Bertz CT molecular complexity index is 550. The number of hydrogen-bond acceptors (Lipinski definition) is 4. The summed E-state index contributed by atoms with van der Waals surface area (Å²) in [4.78, 5) is 8.79. The van der Waals surface area contributed by atoms with Gasteiger partial charge in [-0.25, -0.2) is 9.97 Å². The highest BCUT2D eigenvalue weighted by Gasteiger charge is 2.23. The van der Waals surface area contributed by atoms with E-state index in [1.165, 1.54) is 0 Å². The van der Waals surface area contributed by atoms with Gasteiger partial charge in [-0.1, -0.05) is 0 Å². The monoisotopic (exact) mass is 310 g/mol. The summed E-state index contributed by atoms with van der Waals surface area (Å²) in [5, 5.41) is 3.45. The summed E-state index contributed by atoms with van der Waals surface area (Å²) in [5.74, 6) is 1.36. The van der Waals surface area contributed by atoms with E-state index in [2.05, 4.69) is 38.1 Å². The van der Waals surface area contributed by atoms with Crippen LogP contribution in [0.25, 0.3) is 5.65 Å². The van der Waals surface area contributed by atoms with E-state index in [1.54, 1.807) is 6.20 Å². The third-order valence-corrected chi connectivity index (χ3v) is 3.76. The molecule has 2 unspecified atom stereocenters. The molecule has 3 heterocycles. The normalized spacial score (nSPS) is 21.3. The van der Waals surface area contributed by atoms with Crippen molar-refractivity contribution in [2.75, 3.05) is 18.5 Å². The third kappa shape index (κ3) is 2.22. The van der Waals surface area contributed by atoms with Crippen LogP contribution in [0, 0.1) is 5.92 Å². The van der Waals surface area contributed by atoms with Crippen LogP contribution < -0.4 is 5.32 Å². The second kappa shape index (κ2) is 4.85. The Morgan fingerprint density at radius 3 is 3.28 bits per heavy atom. The minimum Gasteiger partial charge on any atom is -0.381 e. The van der Waals surface area contributed by atoms with Gasteiger partial charge >= 0.3 is 0 Å². The average Bonchev–Trinajstić information content (AvgIpc) is 2.98. The lowest BCUT2D eigenvalue weighted by Gasteiger charge is -2.20. The molecule has 0 spiro atoms. The van der Waals surface area contributed by atoms with Crippen molar-refractivity contribution >= 4 is 27.4 Å². The molecule has 1 saturated heterocycles. The maximum atomic E-state index is 5.42. The summed E-state index contributed by atoms with van der Waals surface area (Å²) in [5.41, 5.74) is 0.851. The topological polar surface area (TPSA) is 51.5 Å². The van der Waals surface area contributed by atoms with Gasteiger partial charge in [-0.2, -0.15) is 0 Å². The van der Waals surface area contributed by atoms with Gasteiger partial charge in [0.25, 0.3) is 0 Å². The molecule has 1 N–H and O–H groups in total. The van der Waals surface area contributed by atoms with Crippen LogP contribution in [0.4, 0.5) is 5.82 Å². The minimum absolute atomic E-state index is 0.329. The Morgan fingerprint density at radius 1 is 1.61 bits per heavy atom. The third-order valence-electron chi connectivity index (χ3n) is 3.38. The number of nitrogens with zero attached hydrogens (tertiary/aromatic N) is 3. The Hall–Kier alpha value is -1.14. The molecule has 2 atom stereocenters. The smallest absolute Gasteiger partial charge is 0.180 e. The van der Waals surface area contributed by atoms with E-state index in [9.17, 15) is 0 Å². The summed E-state index contributed by atoms with van der Waals surface area (Å²) in [7, 11) is 0. The van der Waals surface area contributed by atoms with Crippen molar-refractivity contribution in [2.24, 2.45) is 5.92 Å². The molecule has 6 heteroatoms. The first-order valence-electron chi connectivity index (χ1n) is 6.07. The first-order valence-corrected chi connectivity index (χ1v) is 6.87. The molecular formula is C12H15BrN4O. The molecule has 18 heavy (non-hydrogen) atoms. The molecule has 0 amide bonds. The second-order valence-electron chi connectivity index (χ2n) is 4.63. The van der Waals surface area contributed by atoms with E-state index in [-0.39, 0.29) is 0 Å². The predicted molar refractivity (Wildman–Crippen MR) is 72.7 cm³/mol. The van der Waals surface area contributed by atoms with Gasteiger partial charge in [-0.15, -0.1) is 0 Å². The van der Waals surface area contributed by atoms with Crippen LogP contribution in [0.3, 0.4) is 0 Å². The highest BCUT2D eigenvalue weighted by molar-refractivity contribution is 9.10. The van der Waals surface area contributed by atoms with Crippen molar-refractivity contribution in [3.63, 3.8) is 0 Å². The SMILES string of the molecule is CC(Nc1nc(Br)cn2ccnc12)C1CCOC1. The van der Waals surface area contributed by atoms with Crippen molar-refractivity contribution in [1.82, 2.24) is 14.4 Å². The van der Waals surface area contributed by atoms with Crippen LogP contribution in [0.5, 0.6) is 0 Å². The molecule has 0 aliphatic carbocycles. The molecule has 3 rings (SSSR count). The van der Waals surface area contributed by atoms with E-state index < -0.39 is 0 Å². The summed E-state index contributed by atoms with van der Waals surface area (Å²) in [6.07, 6.45) is 6.69. The van der Waals surface area contributed by atoms with Gasteiger partial charge in [-0.3, -0.25) is 0 Å². The summed E-state index contributed by atoms with van der Waals surface area (Å²) < 4.78 is 8.17. The van der Waals surface area contributed by atoms with Gasteiger partial charge in [0.15, 0.2) is 11.5 Å². The highest BCUT2D eigenvalue weighted by atomic mass is 79.9. The maximum absolute atomic E-state index is 5.42. The van der Waals surface area contributed by atoms with Crippen LogP contribution >= 0.6 is 15.9 Å². The van der Waals surface area contributed by atoms with Crippen molar-refractivity contribution in [2.45, 2.75) is 19.4 Å². The van der Waals surface area contributed by atoms with Gasteiger partial charge in [0.05, 0.1) is 6.61 Å². The number of rotatable bonds is 3. The predicted octanol–water partition coefficient (Wildman–Crippen LogP) is 2.33. The van der Waals surface area contributed by atoms with E-state index in [0.717, 1.165) is 35.7 Å². The molecule has 1 fully saturated rings. The number of nitrogens with one attached hydrogen (secondary N) is 1. The second-order valence-corrected chi connectivity index (χ2v) is 5.44. The van der Waals surface area contributed by atoms with Crippen LogP contribution in [0.15, 0.2) is 23.2 Å². The van der Waals surface area contributed by atoms with Crippen molar-refractivity contribution in [3.8, 4) is 0 Å². The number of imidazole rings is 1. The zero-order chi connectivity index (χ0) is 12.5. The van der Waals surface area contributed by atoms with Crippen LogP contribution in [0.2, 0.25) is 0 Å². The van der Waals surface area contributed by atoms with Crippen LogP contribution in [-0.4, -0.2) is 33.6 Å². The molecule has 1 aliphatic rings. The molecule has 1 aliphatic heterocycles. The van der Waals surface area contributed by atoms with Gasteiger partial charge < -0.3 is 14.5 Å². The van der Waals surface area contributed by atoms with E-state index in [4.69, 9.17) is 4.74 Å². The molecular weight excluding hydrogens is 296 g/mol. The quantitative estimate of drug-likeness (QED) is 0.945. The Balaban J connectivity index is 1.86. The van der Waals surface area contributed by atoms with E-state index >= 15 is 0 Å². The zero-order valence-electron chi connectivity index (χ0n) is 10.1. The van der Waals surface area contributed by atoms with Gasteiger partial charge in [-0.05, 0) is 29.3 Å². The molecule has 96 valence electrons. The lowest BCUT2D eigenvalue weighted by Crippen LogP contribution is -2.27. The molecule has 0 bridgehead atoms. The van der Waals surface area contributed by atoms with Crippen molar-refractivity contribution in [1.29, 1.82) is 0 Å². The average molecular weight is 311 g/mol. The maximum Gasteiger partial charge on any atom is 0.180 e. The first kappa shape index (κ1) is 11.9. The van der Waals surface area contributed by atoms with Crippen molar-refractivity contribution < 1.29 is 4.74 Å². The molecule has 0 saturated carbocycles. The number of anilines is 1. The standard InChI is InChI=1S/C12H15BrN4O/c1-8(9-2-5-18-7-9)15-11-12-14-3-4-17(12)6-10(13)16-11/h3-4,6,8-9H,2,5,7H2,1H3,(H,15,16). The summed E-state index contributed by atoms with van der Waals surface area (Å²) in [6.45, 7) is 3.86. The molecule has 0 aromatic carbocycles. The van der Waals surface area contributed by atoms with Gasteiger partial charge in [0.2, 0.25) is 0 Å².